The van der Waals surface area contributed by atoms with Crippen LogP contribution in [-0.2, 0) is 4.79 Å². The topological polar surface area (TPSA) is 41.1 Å². The van der Waals surface area contributed by atoms with Crippen LogP contribution in [0.1, 0.15) is 28.2 Å². The van der Waals surface area contributed by atoms with E-state index < -0.39 is 5.92 Å². The second-order valence-corrected chi connectivity index (χ2v) is 8.11. The molecular weight excluding hydrogens is 479 g/mol. The van der Waals surface area contributed by atoms with E-state index in [1.54, 1.807) is 0 Å². The largest absolute Gasteiger partial charge is 0.332 e. The molecule has 0 heterocycles. The molecule has 3 aromatic rings. The summed E-state index contributed by atoms with van der Waals surface area (Å²) in [4.78, 5) is 13.1. The zero-order chi connectivity index (χ0) is 20.1. The molecule has 3 aromatic carbocycles. The lowest BCUT2D eigenvalue weighted by Gasteiger charge is -2.19. The van der Waals surface area contributed by atoms with Gasteiger partial charge in [-0.1, -0.05) is 60.7 Å². The van der Waals surface area contributed by atoms with Crippen molar-refractivity contribution in [3.8, 4) is 0 Å². The van der Waals surface area contributed by atoms with Gasteiger partial charge in [-0.3, -0.25) is 4.79 Å². The average Bonchev–Trinajstić information content (AvgIpc) is 2.68. The SMILES string of the molecule is Cc1cc(NC(=S)NC(=O)C(c2ccccc2)c2ccccc2)cc(C)c1I. The van der Waals surface area contributed by atoms with E-state index in [0.717, 1.165) is 16.8 Å². The molecule has 0 aromatic heterocycles. The van der Waals surface area contributed by atoms with Crippen LogP contribution in [0.5, 0.6) is 0 Å². The number of hydrogen-bond donors (Lipinski definition) is 2. The van der Waals surface area contributed by atoms with Gasteiger partial charge in [0.2, 0.25) is 5.91 Å². The maximum absolute atomic E-state index is 13.1. The van der Waals surface area contributed by atoms with Crippen molar-refractivity contribution in [3.05, 3.63) is 98.6 Å². The first kappa shape index (κ1) is 20.5. The number of rotatable bonds is 4. The van der Waals surface area contributed by atoms with Crippen LogP contribution in [0.2, 0.25) is 0 Å². The van der Waals surface area contributed by atoms with E-state index in [-0.39, 0.29) is 5.91 Å². The summed E-state index contributed by atoms with van der Waals surface area (Å²) in [6.45, 7) is 4.12. The molecule has 0 fully saturated rings. The molecular formula is C23H21IN2OS. The van der Waals surface area contributed by atoms with Gasteiger partial charge in [0.05, 0.1) is 5.92 Å². The number of amides is 1. The van der Waals surface area contributed by atoms with E-state index in [1.165, 1.54) is 14.7 Å². The third-order valence-corrected chi connectivity index (χ3v) is 6.36. The zero-order valence-corrected chi connectivity index (χ0v) is 18.7. The second kappa shape index (κ2) is 9.30. The van der Waals surface area contributed by atoms with Gasteiger partial charge in [-0.05, 0) is 83.0 Å². The summed E-state index contributed by atoms with van der Waals surface area (Å²) in [7, 11) is 0. The van der Waals surface area contributed by atoms with Gasteiger partial charge in [0.25, 0.3) is 0 Å². The van der Waals surface area contributed by atoms with Gasteiger partial charge >= 0.3 is 0 Å². The van der Waals surface area contributed by atoms with Gasteiger partial charge in [-0.2, -0.15) is 0 Å². The van der Waals surface area contributed by atoms with Crippen LogP contribution < -0.4 is 10.6 Å². The Kier molecular flexibility index (Phi) is 6.80. The molecule has 5 heteroatoms. The van der Waals surface area contributed by atoms with Crippen molar-refractivity contribution in [2.45, 2.75) is 19.8 Å². The summed E-state index contributed by atoms with van der Waals surface area (Å²) in [6.07, 6.45) is 0. The number of carbonyl (C=O) groups is 1. The monoisotopic (exact) mass is 500 g/mol. The maximum atomic E-state index is 13.1. The summed E-state index contributed by atoms with van der Waals surface area (Å²) in [5, 5.41) is 6.29. The van der Waals surface area contributed by atoms with Crippen molar-refractivity contribution in [2.24, 2.45) is 0 Å². The summed E-state index contributed by atoms with van der Waals surface area (Å²) in [6, 6.07) is 23.5. The van der Waals surface area contributed by atoms with Crippen LogP contribution in [-0.4, -0.2) is 11.0 Å². The number of hydrogen-bond acceptors (Lipinski definition) is 2. The van der Waals surface area contributed by atoms with Crippen LogP contribution in [0, 0.1) is 17.4 Å². The van der Waals surface area contributed by atoms with Gasteiger partial charge in [0.1, 0.15) is 0 Å². The third kappa shape index (κ3) is 4.97. The van der Waals surface area contributed by atoms with Crippen molar-refractivity contribution in [1.82, 2.24) is 5.32 Å². The van der Waals surface area contributed by atoms with E-state index in [0.29, 0.717) is 5.11 Å². The van der Waals surface area contributed by atoms with Crippen LogP contribution in [0.4, 0.5) is 5.69 Å². The summed E-state index contributed by atoms with van der Waals surface area (Å²) >= 11 is 7.74. The van der Waals surface area contributed by atoms with Gasteiger partial charge < -0.3 is 10.6 Å². The molecule has 0 aliphatic rings. The van der Waals surface area contributed by atoms with Crippen LogP contribution in [0.15, 0.2) is 72.8 Å². The molecule has 0 aliphatic carbocycles. The minimum atomic E-state index is -0.428. The number of nitrogens with one attached hydrogen (secondary N) is 2. The lowest BCUT2D eigenvalue weighted by atomic mass is 9.90. The van der Waals surface area contributed by atoms with Crippen LogP contribution in [0.25, 0.3) is 0 Å². The first-order chi connectivity index (χ1) is 13.5. The Bertz CT molecular complexity index is 927. The fourth-order valence-corrected chi connectivity index (χ4v) is 3.68. The predicted octanol–water partition coefficient (Wildman–Crippen LogP) is 5.55. The lowest BCUT2D eigenvalue weighted by Crippen LogP contribution is -2.37. The Morgan fingerprint density at radius 3 is 1.82 bits per heavy atom. The summed E-state index contributed by atoms with van der Waals surface area (Å²) in [5.74, 6) is -0.587. The van der Waals surface area contributed by atoms with Crippen molar-refractivity contribution in [3.63, 3.8) is 0 Å². The van der Waals surface area contributed by atoms with Crippen molar-refractivity contribution in [1.29, 1.82) is 0 Å². The molecule has 2 N–H and O–H groups in total. The first-order valence-corrected chi connectivity index (χ1v) is 10.4. The number of aryl methyl sites for hydroxylation is 2. The Balaban J connectivity index is 1.79. The Morgan fingerprint density at radius 1 is 0.893 bits per heavy atom. The molecule has 0 spiro atoms. The number of carbonyl (C=O) groups excluding carboxylic acids is 1. The fourth-order valence-electron chi connectivity index (χ4n) is 3.15. The van der Waals surface area contributed by atoms with Crippen molar-refractivity contribution in [2.75, 3.05) is 5.32 Å². The quantitative estimate of drug-likeness (QED) is 0.365. The maximum Gasteiger partial charge on any atom is 0.238 e. The first-order valence-electron chi connectivity index (χ1n) is 8.94. The van der Waals surface area contributed by atoms with Gasteiger partial charge in [0, 0.05) is 9.26 Å². The van der Waals surface area contributed by atoms with Crippen LogP contribution in [0.3, 0.4) is 0 Å². The van der Waals surface area contributed by atoms with Gasteiger partial charge in [-0.15, -0.1) is 0 Å². The smallest absolute Gasteiger partial charge is 0.238 e. The molecule has 28 heavy (non-hydrogen) atoms. The van der Waals surface area contributed by atoms with Gasteiger partial charge in [-0.25, -0.2) is 0 Å². The highest BCUT2D eigenvalue weighted by molar-refractivity contribution is 14.1. The average molecular weight is 500 g/mol. The van der Waals surface area contributed by atoms with E-state index in [2.05, 4.69) is 47.1 Å². The molecule has 0 unspecified atom stereocenters. The van der Waals surface area contributed by atoms with Gasteiger partial charge in [0.15, 0.2) is 5.11 Å². The van der Waals surface area contributed by atoms with Crippen LogP contribution >= 0.6 is 34.8 Å². The zero-order valence-electron chi connectivity index (χ0n) is 15.7. The summed E-state index contributed by atoms with van der Waals surface area (Å²) in [5.41, 5.74) is 5.06. The second-order valence-electron chi connectivity index (χ2n) is 6.62. The normalized spacial score (nSPS) is 10.6. The molecule has 0 saturated heterocycles. The highest BCUT2D eigenvalue weighted by atomic mass is 127. The number of thiocarbonyl (C=S) groups is 1. The minimum Gasteiger partial charge on any atom is -0.332 e. The number of halogens is 1. The Hall–Kier alpha value is -2.25. The highest BCUT2D eigenvalue weighted by Crippen LogP contribution is 2.25. The Morgan fingerprint density at radius 2 is 1.36 bits per heavy atom. The molecule has 0 radical (unpaired) electrons. The molecule has 3 nitrogen and oxygen atoms in total. The highest BCUT2D eigenvalue weighted by Gasteiger charge is 2.23. The Labute approximate surface area is 184 Å². The predicted molar refractivity (Wildman–Crippen MR) is 128 cm³/mol. The molecule has 1 amide bonds. The molecule has 0 bridgehead atoms. The minimum absolute atomic E-state index is 0.158. The molecule has 142 valence electrons. The molecule has 0 aliphatic heterocycles. The summed E-state index contributed by atoms with van der Waals surface area (Å²) < 4.78 is 1.23. The van der Waals surface area contributed by atoms with Crippen molar-refractivity contribution >= 4 is 51.5 Å². The standard InChI is InChI=1S/C23H21IN2OS/c1-15-13-19(14-16(2)21(15)24)25-23(28)26-22(27)20(17-9-5-3-6-10-17)18-11-7-4-8-12-18/h3-14,20H,1-2H3,(H2,25,26,27,28). The fraction of sp³-hybridized carbons (Fsp3) is 0.130. The lowest BCUT2D eigenvalue weighted by molar-refractivity contribution is -0.120. The molecule has 0 atom stereocenters. The molecule has 3 rings (SSSR count). The number of anilines is 1. The van der Waals surface area contributed by atoms with Crippen molar-refractivity contribution < 1.29 is 4.79 Å². The van der Waals surface area contributed by atoms with E-state index in [9.17, 15) is 4.79 Å². The van der Waals surface area contributed by atoms with E-state index in [1.807, 2.05) is 72.8 Å². The third-order valence-electron chi connectivity index (χ3n) is 4.46. The number of benzene rings is 3. The van der Waals surface area contributed by atoms with E-state index >= 15 is 0 Å². The molecule has 0 saturated carbocycles. The van der Waals surface area contributed by atoms with E-state index in [4.69, 9.17) is 12.2 Å².